The van der Waals surface area contributed by atoms with Crippen LogP contribution in [-0.4, -0.2) is 29.3 Å². The summed E-state index contributed by atoms with van der Waals surface area (Å²) in [5.74, 6) is -0.258. The average molecular weight is 381 g/mol. The number of thioether (sulfide) groups is 1. The van der Waals surface area contributed by atoms with E-state index in [0.29, 0.717) is 21.9 Å². The van der Waals surface area contributed by atoms with E-state index in [2.05, 4.69) is 0 Å². The molecule has 27 heavy (non-hydrogen) atoms. The molecule has 0 aromatic heterocycles. The second-order valence-electron chi connectivity index (χ2n) is 6.76. The van der Waals surface area contributed by atoms with Crippen LogP contribution in [0.25, 0.3) is 5.57 Å². The van der Waals surface area contributed by atoms with Gasteiger partial charge in [-0.1, -0.05) is 35.9 Å². The molecule has 5 heteroatoms. The third-order valence-corrected chi connectivity index (χ3v) is 5.90. The van der Waals surface area contributed by atoms with Gasteiger partial charge < -0.3 is 5.11 Å². The summed E-state index contributed by atoms with van der Waals surface area (Å²) in [7, 11) is 0. The first kappa shape index (κ1) is 19.4. The fraction of sp³-hybridized carbons (Fsp3) is 0.273. The molecule has 0 saturated carbocycles. The van der Waals surface area contributed by atoms with Gasteiger partial charge in [0.15, 0.2) is 0 Å². The maximum atomic E-state index is 13.4. The number of hydrogen-bond donors (Lipinski definition) is 1. The van der Waals surface area contributed by atoms with E-state index in [4.69, 9.17) is 0 Å². The molecule has 0 fully saturated rings. The van der Waals surface area contributed by atoms with Crippen LogP contribution in [0.15, 0.2) is 41.3 Å². The molecule has 2 aromatic carbocycles. The van der Waals surface area contributed by atoms with Gasteiger partial charge in [0.2, 0.25) is 0 Å². The van der Waals surface area contributed by atoms with E-state index >= 15 is 0 Å². The Kier molecular flexibility index (Phi) is 5.53. The summed E-state index contributed by atoms with van der Waals surface area (Å²) >= 11 is 1.24. The molecule has 0 aliphatic carbocycles. The highest BCUT2D eigenvalue weighted by molar-refractivity contribution is 8.04. The molecule has 0 bridgehead atoms. The number of carbonyl (C=O) groups is 2. The lowest BCUT2D eigenvalue weighted by molar-refractivity contribution is -0.119. The lowest BCUT2D eigenvalue weighted by Gasteiger charge is -2.19. The topological polar surface area (TPSA) is 57.6 Å². The Hall–Kier alpha value is -2.37. The summed E-state index contributed by atoms with van der Waals surface area (Å²) in [4.78, 5) is 28.2. The lowest BCUT2D eigenvalue weighted by Crippen LogP contribution is -2.32. The van der Waals surface area contributed by atoms with Crippen molar-refractivity contribution in [2.24, 2.45) is 0 Å². The number of hydrogen-bond acceptors (Lipinski definition) is 4. The van der Waals surface area contributed by atoms with Crippen molar-refractivity contribution in [3.63, 3.8) is 0 Å². The smallest absolute Gasteiger partial charge is 0.272 e. The highest BCUT2D eigenvalue weighted by atomic mass is 32.2. The van der Waals surface area contributed by atoms with Gasteiger partial charge in [-0.25, -0.2) is 4.90 Å². The summed E-state index contributed by atoms with van der Waals surface area (Å²) in [5.41, 5.74) is 5.81. The summed E-state index contributed by atoms with van der Waals surface area (Å²) in [6.07, 6.45) is 0. The minimum atomic E-state index is -0.317. The molecule has 0 atom stereocenters. The Morgan fingerprint density at radius 3 is 2.37 bits per heavy atom. The molecule has 0 saturated heterocycles. The first-order chi connectivity index (χ1) is 12.9. The van der Waals surface area contributed by atoms with Crippen molar-refractivity contribution < 1.29 is 14.7 Å². The first-order valence-corrected chi connectivity index (χ1v) is 9.86. The Balaban J connectivity index is 2.16. The van der Waals surface area contributed by atoms with E-state index in [-0.39, 0.29) is 18.4 Å². The molecule has 1 heterocycles. The maximum absolute atomic E-state index is 13.4. The summed E-state index contributed by atoms with van der Waals surface area (Å²) in [6.45, 7) is 7.77. The monoisotopic (exact) mass is 381 g/mol. The molecule has 0 spiro atoms. The molecule has 1 aliphatic heterocycles. The minimum absolute atomic E-state index is 0.0563. The zero-order valence-corrected chi connectivity index (χ0v) is 16.8. The normalized spacial score (nSPS) is 14.5. The number of aryl methyl sites for hydroxylation is 3. The van der Waals surface area contributed by atoms with E-state index in [1.54, 1.807) is 6.07 Å². The van der Waals surface area contributed by atoms with Crippen LogP contribution in [0.5, 0.6) is 0 Å². The summed E-state index contributed by atoms with van der Waals surface area (Å²) < 4.78 is 0. The van der Waals surface area contributed by atoms with Crippen molar-refractivity contribution in [3.8, 4) is 0 Å². The van der Waals surface area contributed by atoms with Crippen molar-refractivity contribution in [3.05, 3.63) is 69.1 Å². The fourth-order valence-corrected chi connectivity index (χ4v) is 4.17. The van der Waals surface area contributed by atoms with Crippen LogP contribution >= 0.6 is 11.8 Å². The van der Waals surface area contributed by atoms with Gasteiger partial charge in [0.05, 0.1) is 22.8 Å². The third kappa shape index (κ3) is 3.45. The molecule has 3 rings (SSSR count). The highest BCUT2D eigenvalue weighted by Crippen LogP contribution is 2.40. The minimum Gasteiger partial charge on any atom is -0.396 e. The van der Waals surface area contributed by atoms with Crippen LogP contribution in [0.4, 0.5) is 5.69 Å². The zero-order valence-electron chi connectivity index (χ0n) is 16.0. The number of amides is 2. The molecule has 2 aromatic rings. The summed E-state index contributed by atoms with van der Waals surface area (Å²) in [5, 5.41) is 9.24. The van der Waals surface area contributed by atoms with E-state index in [9.17, 15) is 14.7 Å². The molecule has 1 N–H and O–H groups in total. The maximum Gasteiger partial charge on any atom is 0.272 e. The first-order valence-electron chi connectivity index (χ1n) is 8.87. The Morgan fingerprint density at radius 1 is 0.963 bits per heavy atom. The van der Waals surface area contributed by atoms with Crippen LogP contribution < -0.4 is 4.90 Å². The standard InChI is InChI=1S/C22H23NO3S/c1-13-8-9-17(15(3)12-13)19-20(27-11-10-24)22(26)23(21(19)25)18-7-5-6-14(2)16(18)4/h5-9,12,24H,10-11H2,1-4H3. The Bertz CT molecular complexity index is 962. The van der Waals surface area contributed by atoms with Crippen molar-refractivity contribution in [2.75, 3.05) is 17.3 Å². The number of anilines is 1. The van der Waals surface area contributed by atoms with Gasteiger partial charge in [-0.3, -0.25) is 9.59 Å². The van der Waals surface area contributed by atoms with Gasteiger partial charge in [-0.2, -0.15) is 0 Å². The van der Waals surface area contributed by atoms with Gasteiger partial charge in [0, 0.05) is 5.75 Å². The molecule has 2 amide bonds. The van der Waals surface area contributed by atoms with Gasteiger partial charge >= 0.3 is 0 Å². The fourth-order valence-electron chi connectivity index (χ4n) is 3.32. The third-order valence-electron chi connectivity index (χ3n) is 4.85. The quantitative estimate of drug-likeness (QED) is 0.798. The van der Waals surface area contributed by atoms with Crippen molar-refractivity contribution in [2.45, 2.75) is 27.7 Å². The number of imide groups is 1. The predicted molar refractivity (Wildman–Crippen MR) is 111 cm³/mol. The Labute approximate surface area is 163 Å². The Morgan fingerprint density at radius 2 is 1.70 bits per heavy atom. The lowest BCUT2D eigenvalue weighted by atomic mass is 9.98. The molecule has 1 aliphatic rings. The van der Waals surface area contributed by atoms with Crippen molar-refractivity contribution >= 4 is 34.8 Å². The van der Waals surface area contributed by atoms with Crippen molar-refractivity contribution in [1.29, 1.82) is 0 Å². The van der Waals surface area contributed by atoms with Gasteiger partial charge in [-0.05, 0) is 56.0 Å². The molecule has 140 valence electrons. The van der Waals surface area contributed by atoms with E-state index in [1.807, 2.05) is 58.0 Å². The number of aliphatic hydroxyl groups excluding tert-OH is 1. The highest BCUT2D eigenvalue weighted by Gasteiger charge is 2.41. The van der Waals surface area contributed by atoms with Crippen molar-refractivity contribution in [1.82, 2.24) is 0 Å². The number of aliphatic hydroxyl groups is 1. The van der Waals surface area contributed by atoms with Crippen LogP contribution in [-0.2, 0) is 9.59 Å². The van der Waals surface area contributed by atoms with Crippen LogP contribution in [0.2, 0.25) is 0 Å². The molecule has 0 unspecified atom stereocenters. The van der Waals surface area contributed by atoms with E-state index < -0.39 is 0 Å². The number of carbonyl (C=O) groups excluding carboxylic acids is 2. The second-order valence-corrected chi connectivity index (χ2v) is 7.86. The molecular weight excluding hydrogens is 358 g/mol. The van der Waals surface area contributed by atoms with Gasteiger partial charge in [-0.15, -0.1) is 11.8 Å². The second kappa shape index (κ2) is 7.71. The van der Waals surface area contributed by atoms with Crippen LogP contribution in [0.3, 0.4) is 0 Å². The molecule has 0 radical (unpaired) electrons. The van der Waals surface area contributed by atoms with E-state index in [1.165, 1.54) is 16.7 Å². The van der Waals surface area contributed by atoms with Gasteiger partial charge in [0.25, 0.3) is 11.8 Å². The summed E-state index contributed by atoms with van der Waals surface area (Å²) in [6, 6.07) is 11.5. The van der Waals surface area contributed by atoms with E-state index in [0.717, 1.165) is 27.8 Å². The van der Waals surface area contributed by atoms with Crippen LogP contribution in [0.1, 0.15) is 27.8 Å². The molecular formula is C22H23NO3S. The van der Waals surface area contributed by atoms with Crippen LogP contribution in [0, 0.1) is 27.7 Å². The zero-order chi connectivity index (χ0) is 19.7. The SMILES string of the molecule is Cc1ccc(C2=C(SCCO)C(=O)N(c3cccc(C)c3C)C2=O)c(C)c1. The van der Waals surface area contributed by atoms with Gasteiger partial charge in [0.1, 0.15) is 0 Å². The number of nitrogens with zero attached hydrogens (tertiary/aromatic N) is 1. The average Bonchev–Trinajstić information content (AvgIpc) is 2.86. The molecule has 4 nitrogen and oxygen atoms in total. The number of rotatable bonds is 5. The number of benzene rings is 2. The largest absolute Gasteiger partial charge is 0.396 e. The predicted octanol–water partition coefficient (Wildman–Crippen LogP) is 3.93.